The monoisotopic (exact) mass is 368 g/mol. The van der Waals surface area contributed by atoms with Crippen LogP contribution in [0.2, 0.25) is 0 Å². The van der Waals surface area contributed by atoms with Gasteiger partial charge in [0.25, 0.3) is 5.56 Å². The summed E-state index contributed by atoms with van der Waals surface area (Å²) in [6.07, 6.45) is 1.95. The average molecular weight is 368 g/mol. The van der Waals surface area contributed by atoms with Gasteiger partial charge in [0.1, 0.15) is 5.76 Å². The zero-order chi connectivity index (χ0) is 19.4. The predicted molar refractivity (Wildman–Crippen MR) is 103 cm³/mol. The number of rotatable bonds is 7. The van der Waals surface area contributed by atoms with Crippen LogP contribution in [0.3, 0.4) is 0 Å². The molecule has 3 aromatic rings. The highest BCUT2D eigenvalue weighted by atomic mass is 16.5. The molecule has 0 saturated heterocycles. The molecule has 3 rings (SSSR count). The second-order valence-electron chi connectivity index (χ2n) is 6.82. The van der Waals surface area contributed by atoms with Crippen LogP contribution in [0.5, 0.6) is 0 Å². The van der Waals surface area contributed by atoms with Gasteiger partial charge in [0.05, 0.1) is 17.6 Å². The molecule has 0 aliphatic heterocycles. The lowest BCUT2D eigenvalue weighted by molar-refractivity contribution is -0.122. The molecule has 1 N–H and O–H groups in total. The number of fused-ring (bicyclic) bond motifs is 1. The number of hydrogen-bond acceptors (Lipinski definition) is 5. The molecule has 0 bridgehead atoms. The zero-order valence-electron chi connectivity index (χ0n) is 15.9. The molecule has 0 fully saturated rings. The number of nitrogens with one attached hydrogen (secondary N) is 1. The maximum atomic E-state index is 12.4. The molecule has 0 saturated carbocycles. The highest BCUT2D eigenvalue weighted by molar-refractivity contribution is 5.81. The summed E-state index contributed by atoms with van der Waals surface area (Å²) in [5, 5.41) is 11.7. The molecule has 2 heterocycles. The van der Waals surface area contributed by atoms with Gasteiger partial charge in [-0.3, -0.25) is 9.59 Å². The summed E-state index contributed by atoms with van der Waals surface area (Å²) in [4.78, 5) is 24.6. The van der Waals surface area contributed by atoms with E-state index in [4.69, 9.17) is 4.52 Å². The number of aryl methyl sites for hydroxylation is 4. The minimum absolute atomic E-state index is 0.0600. The molecule has 0 aliphatic rings. The van der Waals surface area contributed by atoms with Crippen molar-refractivity contribution in [2.24, 2.45) is 0 Å². The number of carbonyl (C=O) groups excluding carboxylic acids is 1. The second-order valence-corrected chi connectivity index (χ2v) is 6.82. The lowest BCUT2D eigenvalue weighted by atomic mass is 10.1. The minimum Gasteiger partial charge on any atom is -0.360 e. The van der Waals surface area contributed by atoms with Gasteiger partial charge in [-0.15, -0.1) is 0 Å². The summed E-state index contributed by atoms with van der Waals surface area (Å²) in [6.45, 7) is 5.74. The number of aromatic nitrogens is 3. The van der Waals surface area contributed by atoms with Gasteiger partial charge < -0.3 is 9.84 Å². The van der Waals surface area contributed by atoms with Crippen LogP contribution in [-0.4, -0.2) is 26.9 Å². The van der Waals surface area contributed by atoms with Crippen molar-refractivity contribution in [3.8, 4) is 0 Å². The molecule has 2 aromatic heterocycles. The topological polar surface area (TPSA) is 90.0 Å². The maximum Gasteiger partial charge on any atom is 0.296 e. The fourth-order valence-electron chi connectivity index (χ4n) is 3.15. The quantitative estimate of drug-likeness (QED) is 0.692. The first-order valence-corrected chi connectivity index (χ1v) is 9.12. The van der Waals surface area contributed by atoms with Crippen molar-refractivity contribution >= 4 is 16.8 Å². The van der Waals surface area contributed by atoms with E-state index in [0.29, 0.717) is 16.8 Å². The van der Waals surface area contributed by atoms with E-state index < -0.39 is 0 Å². The summed E-state index contributed by atoms with van der Waals surface area (Å²) >= 11 is 0. The summed E-state index contributed by atoms with van der Waals surface area (Å²) < 4.78 is 6.38. The summed E-state index contributed by atoms with van der Waals surface area (Å²) in [5.74, 6) is 0.475. The first-order valence-electron chi connectivity index (χ1n) is 9.12. The normalized spacial score (nSPS) is 12.3. The fourth-order valence-corrected chi connectivity index (χ4v) is 3.15. The third-order valence-electron chi connectivity index (χ3n) is 4.60. The smallest absolute Gasteiger partial charge is 0.296 e. The van der Waals surface area contributed by atoms with E-state index in [1.165, 1.54) is 10.2 Å². The fraction of sp³-hybridized carbons (Fsp3) is 0.400. The van der Waals surface area contributed by atoms with E-state index in [9.17, 15) is 9.59 Å². The Bertz CT molecular complexity index is 992. The number of hydrogen-bond donors (Lipinski definition) is 1. The largest absolute Gasteiger partial charge is 0.360 e. The van der Waals surface area contributed by atoms with Gasteiger partial charge >= 0.3 is 0 Å². The van der Waals surface area contributed by atoms with E-state index in [1.54, 1.807) is 13.8 Å². The number of carbonyl (C=O) groups is 1. The van der Waals surface area contributed by atoms with Crippen LogP contribution in [0, 0.1) is 13.8 Å². The van der Waals surface area contributed by atoms with E-state index in [1.807, 2.05) is 25.1 Å². The highest BCUT2D eigenvalue weighted by Crippen LogP contribution is 2.16. The molecular weight excluding hydrogens is 344 g/mol. The molecule has 1 aromatic carbocycles. The Morgan fingerprint density at radius 2 is 2.00 bits per heavy atom. The number of nitrogens with zero attached hydrogens (tertiary/aromatic N) is 3. The Balaban J connectivity index is 1.55. The van der Waals surface area contributed by atoms with Gasteiger partial charge in [0.15, 0.2) is 5.52 Å². The van der Waals surface area contributed by atoms with Crippen molar-refractivity contribution in [2.75, 3.05) is 0 Å². The standard InChI is InChI=1S/C20H24N4O3/c1-13(9-10-16-7-5-4-6-8-16)21-17(25)11-12-24-20(26)19-18(14(2)22-24)15(3)27-23-19/h4-8,13H,9-12H2,1-3H3,(H,21,25). The van der Waals surface area contributed by atoms with Crippen LogP contribution in [0.1, 0.15) is 36.8 Å². The lowest BCUT2D eigenvalue weighted by Crippen LogP contribution is -2.34. The van der Waals surface area contributed by atoms with Gasteiger partial charge in [-0.1, -0.05) is 35.5 Å². The maximum absolute atomic E-state index is 12.4. The SMILES string of the molecule is Cc1nn(CCC(=O)NC(C)CCc2ccccc2)c(=O)c2noc(C)c12. The van der Waals surface area contributed by atoms with Gasteiger partial charge in [-0.05, 0) is 39.2 Å². The van der Waals surface area contributed by atoms with Crippen molar-refractivity contribution in [3.63, 3.8) is 0 Å². The van der Waals surface area contributed by atoms with Crippen molar-refractivity contribution < 1.29 is 9.32 Å². The Labute approximate surface area is 157 Å². The Hall–Kier alpha value is -2.96. The first kappa shape index (κ1) is 18.8. The summed E-state index contributed by atoms with van der Waals surface area (Å²) in [5.41, 5.74) is 1.84. The molecule has 7 heteroatoms. The third-order valence-corrected chi connectivity index (χ3v) is 4.60. The molecule has 142 valence electrons. The molecule has 1 atom stereocenters. The van der Waals surface area contributed by atoms with Crippen molar-refractivity contribution in [3.05, 3.63) is 57.7 Å². The van der Waals surface area contributed by atoms with E-state index in [0.717, 1.165) is 12.8 Å². The van der Waals surface area contributed by atoms with Crippen LogP contribution < -0.4 is 10.9 Å². The molecular formula is C20H24N4O3. The molecule has 1 amide bonds. The van der Waals surface area contributed by atoms with Crippen LogP contribution in [0.25, 0.3) is 10.9 Å². The van der Waals surface area contributed by atoms with Crippen LogP contribution >= 0.6 is 0 Å². The first-order chi connectivity index (χ1) is 13.0. The van der Waals surface area contributed by atoms with Crippen molar-refractivity contribution in [2.45, 2.75) is 52.6 Å². The molecule has 7 nitrogen and oxygen atoms in total. The van der Waals surface area contributed by atoms with Gasteiger partial charge in [0.2, 0.25) is 5.91 Å². The molecule has 27 heavy (non-hydrogen) atoms. The Morgan fingerprint density at radius 3 is 2.74 bits per heavy atom. The van der Waals surface area contributed by atoms with Crippen LogP contribution in [-0.2, 0) is 17.8 Å². The van der Waals surface area contributed by atoms with Crippen molar-refractivity contribution in [1.29, 1.82) is 0 Å². The van der Waals surface area contributed by atoms with Gasteiger partial charge in [0, 0.05) is 12.5 Å². The van der Waals surface area contributed by atoms with Gasteiger partial charge in [-0.25, -0.2) is 4.68 Å². The Kier molecular flexibility index (Phi) is 5.69. The molecule has 0 spiro atoms. The number of benzene rings is 1. The van der Waals surface area contributed by atoms with E-state index in [-0.39, 0.29) is 36.0 Å². The van der Waals surface area contributed by atoms with Crippen LogP contribution in [0.4, 0.5) is 0 Å². The summed E-state index contributed by atoms with van der Waals surface area (Å²) in [7, 11) is 0. The number of amides is 1. The van der Waals surface area contributed by atoms with Crippen molar-refractivity contribution in [1.82, 2.24) is 20.3 Å². The van der Waals surface area contributed by atoms with Crippen LogP contribution in [0.15, 0.2) is 39.6 Å². The van der Waals surface area contributed by atoms with E-state index >= 15 is 0 Å². The summed E-state index contributed by atoms with van der Waals surface area (Å²) in [6, 6.07) is 10.2. The second kappa shape index (κ2) is 8.16. The highest BCUT2D eigenvalue weighted by Gasteiger charge is 2.16. The average Bonchev–Trinajstić information content (AvgIpc) is 3.05. The molecule has 0 radical (unpaired) electrons. The van der Waals surface area contributed by atoms with Gasteiger partial charge in [-0.2, -0.15) is 5.10 Å². The third kappa shape index (κ3) is 4.42. The molecule has 1 unspecified atom stereocenters. The lowest BCUT2D eigenvalue weighted by Gasteiger charge is -2.14. The predicted octanol–water partition coefficient (Wildman–Crippen LogP) is 2.53. The molecule has 0 aliphatic carbocycles. The zero-order valence-corrected chi connectivity index (χ0v) is 15.9. The van der Waals surface area contributed by atoms with E-state index in [2.05, 4.69) is 27.7 Å². The Morgan fingerprint density at radius 1 is 1.26 bits per heavy atom. The minimum atomic E-state index is -0.336.